The number of carbonyl (C=O) groups is 1. The van der Waals surface area contributed by atoms with Gasteiger partial charge in [0.1, 0.15) is 0 Å². The summed E-state index contributed by atoms with van der Waals surface area (Å²) in [5.74, 6) is 1.21. The third kappa shape index (κ3) is 6.76. The molecule has 0 radical (unpaired) electrons. The summed E-state index contributed by atoms with van der Waals surface area (Å²) >= 11 is 0. The average Bonchev–Trinajstić information content (AvgIpc) is 2.41. The molecule has 0 fully saturated rings. The molecule has 1 N–H and O–H groups in total. The van der Waals surface area contributed by atoms with Crippen LogP contribution in [0.3, 0.4) is 0 Å². The van der Waals surface area contributed by atoms with E-state index in [4.69, 9.17) is 9.47 Å². The van der Waals surface area contributed by atoms with E-state index in [1.54, 1.807) is 26.4 Å². The SMILES string of the molecule is COc1ccc(/C=C/C(=O)NC(C)(C)CC(C)(C)C)cc1OC. The topological polar surface area (TPSA) is 47.6 Å². The van der Waals surface area contributed by atoms with E-state index in [1.165, 1.54) is 0 Å². The number of nitrogens with one attached hydrogen (secondary N) is 1. The highest BCUT2D eigenvalue weighted by atomic mass is 16.5. The Morgan fingerprint density at radius 1 is 1.09 bits per heavy atom. The lowest BCUT2D eigenvalue weighted by Gasteiger charge is -2.32. The highest BCUT2D eigenvalue weighted by molar-refractivity contribution is 5.92. The molecular weight excluding hydrogens is 290 g/mol. The van der Waals surface area contributed by atoms with Crippen LogP contribution >= 0.6 is 0 Å². The van der Waals surface area contributed by atoms with Gasteiger partial charge in [0.05, 0.1) is 14.2 Å². The van der Waals surface area contributed by atoms with Crippen LogP contribution in [0.1, 0.15) is 46.6 Å². The van der Waals surface area contributed by atoms with Crippen molar-refractivity contribution in [3.05, 3.63) is 29.8 Å². The molecule has 1 aromatic carbocycles. The maximum atomic E-state index is 12.1. The van der Waals surface area contributed by atoms with E-state index in [0.717, 1.165) is 12.0 Å². The second-order valence-corrected chi connectivity index (χ2v) is 7.56. The van der Waals surface area contributed by atoms with E-state index in [1.807, 2.05) is 32.0 Å². The minimum atomic E-state index is -0.253. The van der Waals surface area contributed by atoms with Gasteiger partial charge in [-0.1, -0.05) is 26.8 Å². The first kappa shape index (κ1) is 19.1. The minimum Gasteiger partial charge on any atom is -0.493 e. The van der Waals surface area contributed by atoms with Crippen molar-refractivity contribution in [2.75, 3.05) is 14.2 Å². The third-order valence-electron chi connectivity index (χ3n) is 3.27. The molecule has 0 atom stereocenters. The number of hydrogen-bond donors (Lipinski definition) is 1. The first-order valence-corrected chi connectivity index (χ1v) is 7.78. The van der Waals surface area contributed by atoms with Gasteiger partial charge in [-0.2, -0.15) is 0 Å². The summed E-state index contributed by atoms with van der Waals surface area (Å²) in [5, 5.41) is 3.05. The van der Waals surface area contributed by atoms with E-state index < -0.39 is 0 Å². The summed E-state index contributed by atoms with van der Waals surface area (Å²) in [5.41, 5.74) is 0.785. The lowest BCUT2D eigenvalue weighted by atomic mass is 9.82. The zero-order valence-corrected chi connectivity index (χ0v) is 15.3. The van der Waals surface area contributed by atoms with E-state index in [0.29, 0.717) is 11.5 Å². The van der Waals surface area contributed by atoms with Gasteiger partial charge < -0.3 is 14.8 Å². The van der Waals surface area contributed by atoms with Crippen LogP contribution in [-0.2, 0) is 4.79 Å². The van der Waals surface area contributed by atoms with Crippen molar-refractivity contribution in [3.8, 4) is 11.5 Å². The number of carbonyl (C=O) groups excluding carboxylic acids is 1. The Balaban J connectivity index is 2.75. The van der Waals surface area contributed by atoms with Gasteiger partial charge in [-0.25, -0.2) is 0 Å². The largest absolute Gasteiger partial charge is 0.493 e. The van der Waals surface area contributed by atoms with Crippen molar-refractivity contribution < 1.29 is 14.3 Å². The van der Waals surface area contributed by atoms with Crippen molar-refractivity contribution in [2.24, 2.45) is 5.41 Å². The van der Waals surface area contributed by atoms with Gasteiger partial charge in [0, 0.05) is 11.6 Å². The average molecular weight is 319 g/mol. The maximum Gasteiger partial charge on any atom is 0.244 e. The standard InChI is InChI=1S/C19H29NO3/c1-18(2,3)13-19(4,5)20-17(21)11-9-14-8-10-15(22-6)16(12-14)23-7/h8-12H,13H2,1-7H3,(H,20,21)/b11-9+. The van der Waals surface area contributed by atoms with E-state index >= 15 is 0 Å². The highest BCUT2D eigenvalue weighted by Crippen LogP contribution is 2.28. The van der Waals surface area contributed by atoms with Crippen LogP contribution in [-0.4, -0.2) is 25.7 Å². The molecule has 4 heteroatoms. The number of hydrogen-bond acceptors (Lipinski definition) is 3. The molecule has 4 nitrogen and oxygen atoms in total. The highest BCUT2D eigenvalue weighted by Gasteiger charge is 2.26. The molecule has 0 aliphatic heterocycles. The lowest BCUT2D eigenvalue weighted by molar-refractivity contribution is -0.118. The van der Waals surface area contributed by atoms with Crippen LogP contribution in [0.2, 0.25) is 0 Å². The monoisotopic (exact) mass is 319 g/mol. The Labute approximate surface area is 139 Å². The lowest BCUT2D eigenvalue weighted by Crippen LogP contribution is -2.45. The van der Waals surface area contributed by atoms with Crippen molar-refractivity contribution in [1.82, 2.24) is 5.32 Å². The second-order valence-electron chi connectivity index (χ2n) is 7.56. The molecule has 128 valence electrons. The summed E-state index contributed by atoms with van der Waals surface area (Å²) in [4.78, 5) is 12.1. The van der Waals surface area contributed by atoms with Crippen molar-refractivity contribution in [3.63, 3.8) is 0 Å². The smallest absolute Gasteiger partial charge is 0.244 e. The molecule has 0 heterocycles. The molecule has 0 saturated heterocycles. The molecule has 0 saturated carbocycles. The van der Waals surface area contributed by atoms with Crippen LogP contribution in [0.25, 0.3) is 6.08 Å². The fourth-order valence-corrected chi connectivity index (χ4v) is 2.87. The Morgan fingerprint density at radius 3 is 2.22 bits per heavy atom. The number of amides is 1. The fraction of sp³-hybridized carbons (Fsp3) is 0.526. The van der Waals surface area contributed by atoms with Gasteiger partial charge in [-0.05, 0) is 49.5 Å². The van der Waals surface area contributed by atoms with Crippen molar-refractivity contribution in [1.29, 1.82) is 0 Å². The van der Waals surface area contributed by atoms with Gasteiger partial charge in [0.25, 0.3) is 0 Å². The molecule has 0 spiro atoms. The summed E-state index contributed by atoms with van der Waals surface area (Å²) < 4.78 is 10.5. The van der Waals surface area contributed by atoms with Gasteiger partial charge >= 0.3 is 0 Å². The van der Waals surface area contributed by atoms with Crippen molar-refractivity contribution >= 4 is 12.0 Å². The van der Waals surface area contributed by atoms with E-state index in [-0.39, 0.29) is 16.9 Å². The summed E-state index contributed by atoms with van der Waals surface area (Å²) in [6.45, 7) is 10.6. The normalized spacial score (nSPS) is 12.3. The van der Waals surface area contributed by atoms with Gasteiger partial charge in [0.15, 0.2) is 11.5 Å². The van der Waals surface area contributed by atoms with Gasteiger partial charge in [-0.3, -0.25) is 4.79 Å². The molecule has 0 aliphatic carbocycles. The molecule has 1 rings (SSSR count). The molecular formula is C19H29NO3. The predicted octanol–water partition coefficient (Wildman–Crippen LogP) is 4.05. The van der Waals surface area contributed by atoms with Crippen LogP contribution in [0, 0.1) is 5.41 Å². The summed E-state index contributed by atoms with van der Waals surface area (Å²) in [6, 6.07) is 5.54. The van der Waals surface area contributed by atoms with Crippen LogP contribution < -0.4 is 14.8 Å². The Bertz CT molecular complexity index is 568. The molecule has 23 heavy (non-hydrogen) atoms. The van der Waals surface area contributed by atoms with Crippen LogP contribution in [0.15, 0.2) is 24.3 Å². The zero-order chi connectivity index (χ0) is 17.7. The maximum absolute atomic E-state index is 12.1. The molecule has 0 aliphatic rings. The molecule has 1 aromatic rings. The molecule has 0 unspecified atom stereocenters. The summed E-state index contributed by atoms with van der Waals surface area (Å²) in [6.07, 6.45) is 4.21. The predicted molar refractivity (Wildman–Crippen MR) is 94.9 cm³/mol. The third-order valence-corrected chi connectivity index (χ3v) is 3.27. The zero-order valence-electron chi connectivity index (χ0n) is 15.3. The number of ether oxygens (including phenoxy) is 2. The summed E-state index contributed by atoms with van der Waals surface area (Å²) in [7, 11) is 3.19. The number of benzene rings is 1. The molecule has 0 bridgehead atoms. The Morgan fingerprint density at radius 2 is 1.70 bits per heavy atom. The molecule has 0 aromatic heterocycles. The second kappa shape index (κ2) is 7.53. The Kier molecular flexibility index (Phi) is 6.25. The Hall–Kier alpha value is -1.97. The van der Waals surface area contributed by atoms with E-state index in [2.05, 4.69) is 26.1 Å². The van der Waals surface area contributed by atoms with Crippen LogP contribution in [0.4, 0.5) is 0 Å². The minimum absolute atomic E-state index is 0.103. The number of methoxy groups -OCH3 is 2. The van der Waals surface area contributed by atoms with E-state index in [9.17, 15) is 4.79 Å². The fourth-order valence-electron chi connectivity index (χ4n) is 2.87. The number of rotatable bonds is 6. The van der Waals surface area contributed by atoms with Gasteiger partial charge in [0.2, 0.25) is 5.91 Å². The first-order valence-electron chi connectivity index (χ1n) is 7.78. The molecule has 1 amide bonds. The van der Waals surface area contributed by atoms with Gasteiger partial charge in [-0.15, -0.1) is 0 Å². The quantitative estimate of drug-likeness (QED) is 0.805. The van der Waals surface area contributed by atoms with Crippen molar-refractivity contribution in [2.45, 2.75) is 46.6 Å². The van der Waals surface area contributed by atoms with Crippen LogP contribution in [0.5, 0.6) is 11.5 Å². The first-order chi connectivity index (χ1) is 10.6.